The van der Waals surface area contributed by atoms with Crippen LogP contribution in [0, 0.1) is 5.92 Å². The van der Waals surface area contributed by atoms with E-state index in [2.05, 4.69) is 12.4 Å². The number of hydrogen-bond acceptors (Lipinski definition) is 1. The summed E-state index contributed by atoms with van der Waals surface area (Å²) in [5.74, 6) is 0.875. The van der Waals surface area contributed by atoms with Crippen LogP contribution in [0.2, 0.25) is 0 Å². The lowest BCUT2D eigenvalue weighted by Crippen LogP contribution is -3.15. The molecule has 2 rings (SSSR count). The summed E-state index contributed by atoms with van der Waals surface area (Å²) in [5, 5.41) is 3.15. The number of nitrogens with one attached hydrogen (secondary N) is 2. The van der Waals surface area contributed by atoms with Gasteiger partial charge in [0.05, 0.1) is 19.6 Å². The maximum absolute atomic E-state index is 11.2. The number of amides is 1. The summed E-state index contributed by atoms with van der Waals surface area (Å²) >= 11 is 0. The quantitative estimate of drug-likeness (QED) is 0.627. The Kier molecular flexibility index (Phi) is 3.29. The molecule has 1 saturated heterocycles. The first-order chi connectivity index (χ1) is 7.18. The number of hydrogen-bond donors (Lipinski definition) is 2. The number of likely N-dealkylation sites (tertiary alicyclic amines) is 1. The van der Waals surface area contributed by atoms with Crippen LogP contribution < -0.4 is 10.2 Å². The molecule has 0 radical (unpaired) electrons. The van der Waals surface area contributed by atoms with Gasteiger partial charge in [-0.25, -0.2) is 0 Å². The largest absolute Gasteiger partial charge is 0.353 e. The zero-order valence-corrected chi connectivity index (χ0v) is 9.88. The zero-order chi connectivity index (χ0) is 10.8. The summed E-state index contributed by atoms with van der Waals surface area (Å²) in [7, 11) is 2.31. The minimum atomic E-state index is 0.142. The smallest absolute Gasteiger partial charge is 0.217 e. The highest BCUT2D eigenvalue weighted by Gasteiger charge is 2.40. The first kappa shape index (κ1) is 10.9. The Morgan fingerprint density at radius 3 is 2.73 bits per heavy atom. The fourth-order valence-corrected chi connectivity index (χ4v) is 3.48. The van der Waals surface area contributed by atoms with E-state index in [1.165, 1.54) is 32.2 Å². The fraction of sp³-hybridized carbons (Fsp3) is 0.917. The Morgan fingerprint density at radius 2 is 2.00 bits per heavy atom. The lowest BCUT2D eigenvalue weighted by molar-refractivity contribution is -0.917. The number of fused-ring (bicyclic) bond motifs is 1. The maximum Gasteiger partial charge on any atom is 0.217 e. The normalized spacial score (nSPS) is 40.7. The monoisotopic (exact) mass is 211 g/mol. The van der Waals surface area contributed by atoms with Crippen molar-refractivity contribution >= 4 is 5.91 Å². The second-order valence-electron chi connectivity index (χ2n) is 5.25. The Balaban J connectivity index is 2.03. The van der Waals surface area contributed by atoms with E-state index in [9.17, 15) is 4.79 Å². The fourth-order valence-electron chi connectivity index (χ4n) is 3.48. The summed E-state index contributed by atoms with van der Waals surface area (Å²) in [6, 6.07) is 1.25. The van der Waals surface area contributed by atoms with Crippen LogP contribution in [0.1, 0.15) is 39.0 Å². The highest BCUT2D eigenvalue weighted by Crippen LogP contribution is 2.28. The molecule has 1 heterocycles. The molecule has 0 bridgehead atoms. The number of carbonyl (C=O) groups excluding carboxylic acids is 1. The van der Waals surface area contributed by atoms with E-state index in [0.29, 0.717) is 6.04 Å². The van der Waals surface area contributed by atoms with Gasteiger partial charge in [0.2, 0.25) is 5.91 Å². The SMILES string of the molecule is CC(=O)N[C@H]1CC[NH+](C)[C@@H]2CCCC[C@@H]12. The third-order valence-electron chi connectivity index (χ3n) is 4.21. The molecule has 0 spiro atoms. The predicted octanol–water partition coefficient (Wildman–Crippen LogP) is -0.0317. The van der Waals surface area contributed by atoms with Crippen LogP contribution in [0.15, 0.2) is 0 Å². The van der Waals surface area contributed by atoms with Gasteiger partial charge < -0.3 is 10.2 Å². The third-order valence-corrected chi connectivity index (χ3v) is 4.21. The van der Waals surface area contributed by atoms with Crippen LogP contribution in [0.3, 0.4) is 0 Å². The molecule has 1 amide bonds. The Morgan fingerprint density at radius 1 is 1.27 bits per heavy atom. The molecule has 1 saturated carbocycles. The van der Waals surface area contributed by atoms with E-state index in [1.807, 2.05) is 0 Å². The minimum Gasteiger partial charge on any atom is -0.353 e. The van der Waals surface area contributed by atoms with Gasteiger partial charge in [-0.05, 0) is 19.3 Å². The van der Waals surface area contributed by atoms with Crippen LogP contribution in [-0.4, -0.2) is 31.6 Å². The van der Waals surface area contributed by atoms with Crippen molar-refractivity contribution in [3.05, 3.63) is 0 Å². The second kappa shape index (κ2) is 4.52. The number of carbonyl (C=O) groups is 1. The molecule has 0 aromatic rings. The molecule has 2 fully saturated rings. The topological polar surface area (TPSA) is 33.5 Å². The number of quaternary nitrogens is 1. The molecule has 4 atom stereocenters. The second-order valence-corrected chi connectivity index (χ2v) is 5.25. The van der Waals surface area contributed by atoms with Crippen LogP contribution in [0.25, 0.3) is 0 Å². The van der Waals surface area contributed by atoms with Crippen molar-refractivity contribution in [1.82, 2.24) is 5.32 Å². The third kappa shape index (κ3) is 2.33. The summed E-state index contributed by atoms with van der Waals surface area (Å²) in [5.41, 5.74) is 0. The molecule has 0 aromatic heterocycles. The molecule has 0 aromatic carbocycles. The molecule has 1 unspecified atom stereocenters. The van der Waals surface area contributed by atoms with Gasteiger partial charge >= 0.3 is 0 Å². The molecule has 86 valence electrons. The average Bonchev–Trinajstić information content (AvgIpc) is 2.22. The van der Waals surface area contributed by atoms with Gasteiger partial charge in [0.1, 0.15) is 0 Å². The first-order valence-electron chi connectivity index (χ1n) is 6.28. The van der Waals surface area contributed by atoms with Crippen molar-refractivity contribution in [3.63, 3.8) is 0 Å². The van der Waals surface area contributed by atoms with Crippen LogP contribution >= 0.6 is 0 Å². The highest BCUT2D eigenvalue weighted by atomic mass is 16.1. The van der Waals surface area contributed by atoms with Gasteiger partial charge in [-0.2, -0.15) is 0 Å². The van der Waals surface area contributed by atoms with E-state index in [0.717, 1.165) is 18.4 Å². The molecular formula is C12H23N2O+. The molecule has 1 aliphatic heterocycles. The molecule has 15 heavy (non-hydrogen) atoms. The Hall–Kier alpha value is -0.570. The molecule has 3 nitrogen and oxygen atoms in total. The Labute approximate surface area is 92.2 Å². The first-order valence-corrected chi connectivity index (χ1v) is 6.28. The van der Waals surface area contributed by atoms with E-state index in [-0.39, 0.29) is 5.91 Å². The van der Waals surface area contributed by atoms with Crippen LogP contribution in [-0.2, 0) is 4.79 Å². The lowest BCUT2D eigenvalue weighted by atomic mass is 9.75. The number of piperidine rings is 1. The van der Waals surface area contributed by atoms with Gasteiger partial charge in [0, 0.05) is 25.3 Å². The van der Waals surface area contributed by atoms with E-state index < -0.39 is 0 Å². The summed E-state index contributed by atoms with van der Waals surface area (Å²) in [4.78, 5) is 12.8. The van der Waals surface area contributed by atoms with Crippen molar-refractivity contribution in [1.29, 1.82) is 0 Å². The predicted molar refractivity (Wildman–Crippen MR) is 59.7 cm³/mol. The minimum absolute atomic E-state index is 0.142. The van der Waals surface area contributed by atoms with Gasteiger partial charge in [0.15, 0.2) is 0 Å². The maximum atomic E-state index is 11.2. The van der Waals surface area contributed by atoms with Crippen LogP contribution in [0.5, 0.6) is 0 Å². The Bertz CT molecular complexity index is 242. The lowest BCUT2D eigenvalue weighted by Gasteiger charge is -2.44. The van der Waals surface area contributed by atoms with E-state index in [4.69, 9.17) is 0 Å². The molecular weight excluding hydrogens is 188 g/mol. The van der Waals surface area contributed by atoms with Crippen molar-refractivity contribution in [2.24, 2.45) is 5.92 Å². The van der Waals surface area contributed by atoms with Gasteiger partial charge in [-0.1, -0.05) is 6.42 Å². The van der Waals surface area contributed by atoms with Crippen molar-refractivity contribution in [3.8, 4) is 0 Å². The summed E-state index contributed by atoms with van der Waals surface area (Å²) in [6.45, 7) is 2.86. The van der Waals surface area contributed by atoms with Crippen molar-refractivity contribution < 1.29 is 9.69 Å². The van der Waals surface area contributed by atoms with Gasteiger partial charge in [-0.3, -0.25) is 4.79 Å². The van der Waals surface area contributed by atoms with Crippen molar-refractivity contribution in [2.45, 2.75) is 51.1 Å². The van der Waals surface area contributed by atoms with Gasteiger partial charge in [-0.15, -0.1) is 0 Å². The average molecular weight is 211 g/mol. The van der Waals surface area contributed by atoms with E-state index in [1.54, 1.807) is 11.8 Å². The molecule has 2 N–H and O–H groups in total. The highest BCUT2D eigenvalue weighted by molar-refractivity contribution is 5.73. The molecule has 3 heteroatoms. The molecule has 1 aliphatic carbocycles. The van der Waals surface area contributed by atoms with E-state index >= 15 is 0 Å². The summed E-state index contributed by atoms with van der Waals surface area (Å²) in [6.07, 6.45) is 6.56. The number of rotatable bonds is 1. The summed E-state index contributed by atoms with van der Waals surface area (Å²) < 4.78 is 0. The van der Waals surface area contributed by atoms with Crippen LogP contribution in [0.4, 0.5) is 0 Å². The van der Waals surface area contributed by atoms with Crippen molar-refractivity contribution in [2.75, 3.05) is 13.6 Å². The molecule has 2 aliphatic rings. The standard InChI is InChI=1S/C12H22N2O/c1-9(15)13-11-7-8-14(2)12-6-4-3-5-10(11)12/h10-12H,3-8H2,1-2H3,(H,13,15)/p+1/t10-,11-,12+/m0/s1. The zero-order valence-electron chi connectivity index (χ0n) is 9.88. The van der Waals surface area contributed by atoms with Gasteiger partial charge in [0.25, 0.3) is 0 Å².